The Bertz CT molecular complexity index is 507. The molecule has 2 aromatic heterocycles. The second-order valence-corrected chi connectivity index (χ2v) is 4.35. The molecule has 0 atom stereocenters. The Labute approximate surface area is 106 Å². The summed E-state index contributed by atoms with van der Waals surface area (Å²) in [6.45, 7) is 3.56. The Balaban J connectivity index is 1.92. The molecule has 5 heteroatoms. The molecule has 2 heterocycles. The zero-order valence-corrected chi connectivity index (χ0v) is 10.7. The highest BCUT2D eigenvalue weighted by atomic mass is 35.5. The summed E-state index contributed by atoms with van der Waals surface area (Å²) in [6, 6.07) is 2.02. The van der Waals surface area contributed by atoms with Crippen molar-refractivity contribution in [2.24, 2.45) is 7.05 Å². The fraction of sp³-hybridized carbons (Fsp3) is 0.333. The van der Waals surface area contributed by atoms with Gasteiger partial charge < -0.3 is 9.88 Å². The van der Waals surface area contributed by atoms with Crippen LogP contribution >= 0.6 is 11.6 Å². The predicted octanol–water partition coefficient (Wildman–Crippen LogP) is 2.07. The number of nitrogens with one attached hydrogen (secondary N) is 1. The average molecular weight is 251 g/mol. The Morgan fingerprint density at radius 3 is 2.82 bits per heavy atom. The van der Waals surface area contributed by atoms with E-state index in [4.69, 9.17) is 11.6 Å². The molecule has 0 aliphatic heterocycles. The molecular weight excluding hydrogens is 236 g/mol. The lowest BCUT2D eigenvalue weighted by molar-refractivity contribution is 0.637. The maximum Gasteiger partial charge on any atom is 0.128 e. The highest BCUT2D eigenvalue weighted by Gasteiger charge is 2.04. The Morgan fingerprint density at radius 1 is 1.35 bits per heavy atom. The molecule has 17 heavy (non-hydrogen) atoms. The van der Waals surface area contributed by atoms with E-state index < -0.39 is 0 Å². The van der Waals surface area contributed by atoms with Gasteiger partial charge in [-0.25, -0.2) is 4.98 Å². The summed E-state index contributed by atoms with van der Waals surface area (Å²) in [6.07, 6.45) is 5.34. The van der Waals surface area contributed by atoms with Crippen LogP contribution in [0.2, 0.25) is 5.15 Å². The van der Waals surface area contributed by atoms with E-state index in [9.17, 15) is 0 Å². The smallest absolute Gasteiger partial charge is 0.128 e. The zero-order valence-electron chi connectivity index (χ0n) is 9.94. The topological polar surface area (TPSA) is 42.7 Å². The maximum absolute atomic E-state index is 5.91. The summed E-state index contributed by atoms with van der Waals surface area (Å²) in [5.74, 6) is 0.932. The van der Waals surface area contributed by atoms with Crippen molar-refractivity contribution in [1.82, 2.24) is 19.9 Å². The second kappa shape index (κ2) is 5.29. The third kappa shape index (κ3) is 2.84. The zero-order chi connectivity index (χ0) is 12.3. The van der Waals surface area contributed by atoms with Crippen molar-refractivity contribution in [3.05, 3.63) is 46.8 Å². The fourth-order valence-electron chi connectivity index (χ4n) is 1.60. The van der Waals surface area contributed by atoms with Crippen LogP contribution in [0.3, 0.4) is 0 Å². The van der Waals surface area contributed by atoms with Gasteiger partial charge in [-0.2, -0.15) is 0 Å². The lowest BCUT2D eigenvalue weighted by atomic mass is 10.1. The van der Waals surface area contributed by atoms with Gasteiger partial charge in [-0.15, -0.1) is 0 Å². The third-order valence-electron chi connectivity index (χ3n) is 2.76. The molecule has 2 aromatic rings. The normalized spacial score (nSPS) is 10.8. The summed E-state index contributed by atoms with van der Waals surface area (Å²) in [5, 5.41) is 4.00. The number of aryl methyl sites for hydroxylation is 1. The first-order valence-electron chi connectivity index (χ1n) is 5.45. The minimum absolute atomic E-state index is 0.655. The van der Waals surface area contributed by atoms with Crippen LogP contribution in [-0.4, -0.2) is 14.5 Å². The number of hydrogen-bond acceptors (Lipinski definition) is 3. The van der Waals surface area contributed by atoms with Gasteiger partial charge in [0.25, 0.3) is 0 Å². The summed E-state index contributed by atoms with van der Waals surface area (Å²) in [7, 11) is 1.91. The molecule has 0 spiro atoms. The lowest BCUT2D eigenvalue weighted by Crippen LogP contribution is -2.16. The van der Waals surface area contributed by atoms with E-state index in [1.807, 2.05) is 30.1 Å². The molecule has 4 nitrogen and oxygen atoms in total. The van der Waals surface area contributed by atoms with Crippen molar-refractivity contribution in [2.45, 2.75) is 20.0 Å². The quantitative estimate of drug-likeness (QED) is 0.903. The van der Waals surface area contributed by atoms with Gasteiger partial charge in [0, 0.05) is 26.0 Å². The molecule has 0 aliphatic rings. The van der Waals surface area contributed by atoms with E-state index in [-0.39, 0.29) is 0 Å². The lowest BCUT2D eigenvalue weighted by Gasteiger charge is -2.07. The summed E-state index contributed by atoms with van der Waals surface area (Å²) < 4.78 is 1.87. The van der Waals surface area contributed by atoms with Gasteiger partial charge in [0.1, 0.15) is 11.0 Å². The highest BCUT2D eigenvalue weighted by molar-refractivity contribution is 6.29. The van der Waals surface area contributed by atoms with Crippen molar-refractivity contribution in [1.29, 1.82) is 0 Å². The van der Waals surface area contributed by atoms with Gasteiger partial charge in [-0.1, -0.05) is 11.6 Å². The number of nitrogens with zero attached hydrogens (tertiary/aromatic N) is 3. The Hall–Kier alpha value is -1.39. The van der Waals surface area contributed by atoms with E-state index in [2.05, 4.69) is 22.2 Å². The Morgan fingerprint density at radius 2 is 2.18 bits per heavy atom. The minimum Gasteiger partial charge on any atom is -0.321 e. The molecule has 1 N–H and O–H groups in total. The molecule has 90 valence electrons. The first-order chi connectivity index (χ1) is 8.18. The molecule has 0 amide bonds. The SMILES string of the molecule is Cc1cnccc1CNCc1ncc(Cl)n1C. The van der Waals surface area contributed by atoms with Gasteiger partial charge in [0.2, 0.25) is 0 Å². The average Bonchev–Trinajstić information content (AvgIpc) is 2.63. The molecule has 0 aromatic carbocycles. The van der Waals surface area contributed by atoms with E-state index in [0.29, 0.717) is 11.7 Å². The predicted molar refractivity (Wildman–Crippen MR) is 67.7 cm³/mol. The summed E-state index contributed by atoms with van der Waals surface area (Å²) >= 11 is 5.91. The highest BCUT2D eigenvalue weighted by Crippen LogP contribution is 2.09. The van der Waals surface area contributed by atoms with Crippen molar-refractivity contribution in [3.8, 4) is 0 Å². The molecule has 0 unspecified atom stereocenters. The molecule has 0 saturated heterocycles. The van der Waals surface area contributed by atoms with E-state index in [0.717, 1.165) is 12.4 Å². The number of imidazole rings is 1. The maximum atomic E-state index is 5.91. The number of rotatable bonds is 4. The van der Waals surface area contributed by atoms with E-state index in [1.165, 1.54) is 11.1 Å². The van der Waals surface area contributed by atoms with Crippen molar-refractivity contribution in [2.75, 3.05) is 0 Å². The van der Waals surface area contributed by atoms with Crippen LogP contribution in [0.15, 0.2) is 24.7 Å². The Kier molecular flexibility index (Phi) is 3.76. The van der Waals surface area contributed by atoms with Crippen LogP contribution in [0.4, 0.5) is 0 Å². The second-order valence-electron chi connectivity index (χ2n) is 3.96. The van der Waals surface area contributed by atoms with Crippen molar-refractivity contribution < 1.29 is 0 Å². The van der Waals surface area contributed by atoms with E-state index in [1.54, 1.807) is 6.20 Å². The van der Waals surface area contributed by atoms with Gasteiger partial charge in [-0.3, -0.25) is 4.98 Å². The molecule has 0 fully saturated rings. The van der Waals surface area contributed by atoms with Crippen LogP contribution in [-0.2, 0) is 20.1 Å². The van der Waals surface area contributed by atoms with Gasteiger partial charge >= 0.3 is 0 Å². The van der Waals surface area contributed by atoms with Gasteiger partial charge in [-0.05, 0) is 24.1 Å². The van der Waals surface area contributed by atoms with E-state index >= 15 is 0 Å². The molecule has 0 saturated carbocycles. The molecular formula is C12H15ClN4. The van der Waals surface area contributed by atoms with Crippen LogP contribution in [0, 0.1) is 6.92 Å². The largest absolute Gasteiger partial charge is 0.321 e. The van der Waals surface area contributed by atoms with Crippen LogP contribution < -0.4 is 5.32 Å². The summed E-state index contributed by atoms with van der Waals surface area (Å²) in [4.78, 5) is 8.29. The molecule has 0 radical (unpaired) electrons. The molecule has 0 bridgehead atoms. The van der Waals surface area contributed by atoms with Crippen LogP contribution in [0.25, 0.3) is 0 Å². The number of hydrogen-bond donors (Lipinski definition) is 1. The molecule has 0 aliphatic carbocycles. The monoisotopic (exact) mass is 250 g/mol. The van der Waals surface area contributed by atoms with Crippen LogP contribution in [0.5, 0.6) is 0 Å². The number of halogens is 1. The van der Waals surface area contributed by atoms with Crippen molar-refractivity contribution >= 4 is 11.6 Å². The third-order valence-corrected chi connectivity index (χ3v) is 3.11. The van der Waals surface area contributed by atoms with Gasteiger partial charge in [0.05, 0.1) is 12.7 Å². The first kappa shape index (κ1) is 12.1. The molecule has 2 rings (SSSR count). The van der Waals surface area contributed by atoms with Crippen LogP contribution in [0.1, 0.15) is 17.0 Å². The minimum atomic E-state index is 0.655. The van der Waals surface area contributed by atoms with Crippen molar-refractivity contribution in [3.63, 3.8) is 0 Å². The number of pyridine rings is 1. The fourth-order valence-corrected chi connectivity index (χ4v) is 1.74. The summed E-state index contributed by atoms with van der Waals surface area (Å²) in [5.41, 5.74) is 2.44. The number of aromatic nitrogens is 3. The standard InChI is InChI=1S/C12H15ClN4/c1-9-5-14-4-3-10(9)6-15-8-12-16-7-11(13)17(12)2/h3-5,7,15H,6,8H2,1-2H3. The van der Waals surface area contributed by atoms with Gasteiger partial charge in [0.15, 0.2) is 0 Å². The first-order valence-corrected chi connectivity index (χ1v) is 5.82.